The molecule has 1 fully saturated rings. The van der Waals surface area contributed by atoms with Gasteiger partial charge in [0.25, 0.3) is 5.91 Å². The van der Waals surface area contributed by atoms with Gasteiger partial charge in [0.1, 0.15) is 11.5 Å². The molecule has 5 heteroatoms. The molecule has 1 aromatic heterocycles. The van der Waals surface area contributed by atoms with Crippen molar-refractivity contribution >= 4 is 11.7 Å². The number of nitrogens with one attached hydrogen (secondary N) is 2. The summed E-state index contributed by atoms with van der Waals surface area (Å²) in [4.78, 5) is 20.8. The zero-order valence-electron chi connectivity index (χ0n) is 14.4. The molecular formula is C19H28N4O. The molecule has 0 saturated heterocycles. The Labute approximate surface area is 144 Å². The first-order valence-electron chi connectivity index (χ1n) is 9.36. The number of amides is 1. The van der Waals surface area contributed by atoms with Crippen LogP contribution in [0.4, 0.5) is 5.82 Å². The summed E-state index contributed by atoms with van der Waals surface area (Å²) >= 11 is 0. The third-order valence-corrected chi connectivity index (χ3v) is 4.96. The van der Waals surface area contributed by atoms with Crippen LogP contribution in [0.25, 0.3) is 0 Å². The van der Waals surface area contributed by atoms with Gasteiger partial charge in [-0.3, -0.25) is 4.79 Å². The van der Waals surface area contributed by atoms with E-state index < -0.39 is 0 Å². The van der Waals surface area contributed by atoms with Crippen molar-refractivity contribution in [2.45, 2.75) is 70.3 Å². The van der Waals surface area contributed by atoms with Crippen molar-refractivity contribution in [3.05, 3.63) is 29.7 Å². The number of rotatable bonds is 6. The molecule has 0 radical (unpaired) electrons. The fraction of sp³-hybridized carbons (Fsp3) is 0.632. The molecule has 130 valence electrons. The summed E-state index contributed by atoms with van der Waals surface area (Å²) in [6, 6.07) is 0.301. The Morgan fingerprint density at radius 1 is 1.08 bits per heavy atom. The molecule has 5 nitrogen and oxygen atoms in total. The molecule has 0 bridgehead atoms. The van der Waals surface area contributed by atoms with Gasteiger partial charge < -0.3 is 10.6 Å². The molecule has 2 aliphatic rings. The highest BCUT2D eigenvalue weighted by Crippen LogP contribution is 2.20. The molecule has 0 atom stereocenters. The Bertz CT molecular complexity index is 561. The van der Waals surface area contributed by atoms with Gasteiger partial charge in [-0.05, 0) is 44.9 Å². The second kappa shape index (κ2) is 8.81. The van der Waals surface area contributed by atoms with Gasteiger partial charge >= 0.3 is 0 Å². The van der Waals surface area contributed by atoms with Crippen molar-refractivity contribution in [1.82, 2.24) is 15.3 Å². The molecule has 2 aliphatic carbocycles. The maximum absolute atomic E-state index is 12.2. The molecule has 1 amide bonds. The van der Waals surface area contributed by atoms with E-state index in [2.05, 4.69) is 26.7 Å². The number of nitrogens with zero attached hydrogens (tertiary/aromatic N) is 2. The Kier molecular flexibility index (Phi) is 6.21. The maximum atomic E-state index is 12.2. The zero-order chi connectivity index (χ0) is 16.6. The van der Waals surface area contributed by atoms with Crippen LogP contribution in [0.15, 0.2) is 24.0 Å². The number of aromatic nitrogens is 2. The topological polar surface area (TPSA) is 66.9 Å². The second-order valence-electron chi connectivity index (χ2n) is 6.88. The Morgan fingerprint density at radius 3 is 2.67 bits per heavy atom. The van der Waals surface area contributed by atoms with E-state index in [1.54, 1.807) is 18.0 Å². The summed E-state index contributed by atoms with van der Waals surface area (Å²) in [5.41, 5.74) is 1.95. The highest BCUT2D eigenvalue weighted by molar-refractivity contribution is 5.92. The van der Waals surface area contributed by atoms with E-state index in [4.69, 9.17) is 0 Å². The molecule has 1 saturated carbocycles. The quantitative estimate of drug-likeness (QED) is 0.779. The van der Waals surface area contributed by atoms with Crippen LogP contribution in [0, 0.1) is 0 Å². The van der Waals surface area contributed by atoms with Gasteiger partial charge in [0, 0.05) is 12.6 Å². The first kappa shape index (κ1) is 16.9. The smallest absolute Gasteiger partial charge is 0.271 e. The van der Waals surface area contributed by atoms with E-state index in [1.165, 1.54) is 44.9 Å². The van der Waals surface area contributed by atoms with Crippen molar-refractivity contribution in [3.8, 4) is 0 Å². The average molecular weight is 328 g/mol. The van der Waals surface area contributed by atoms with E-state index in [9.17, 15) is 4.79 Å². The van der Waals surface area contributed by atoms with Gasteiger partial charge in [-0.2, -0.15) is 0 Å². The van der Waals surface area contributed by atoms with Gasteiger partial charge in [-0.25, -0.2) is 9.97 Å². The minimum atomic E-state index is -0.103. The van der Waals surface area contributed by atoms with Crippen LogP contribution in [0.5, 0.6) is 0 Å². The fourth-order valence-corrected chi connectivity index (χ4v) is 3.53. The largest absolute Gasteiger partial charge is 0.368 e. The molecule has 1 heterocycles. The van der Waals surface area contributed by atoms with Crippen molar-refractivity contribution in [3.63, 3.8) is 0 Å². The van der Waals surface area contributed by atoms with Gasteiger partial charge in [-0.1, -0.05) is 30.9 Å². The van der Waals surface area contributed by atoms with E-state index in [1.807, 2.05) is 0 Å². The Hall–Kier alpha value is -1.91. The molecule has 0 aliphatic heterocycles. The van der Waals surface area contributed by atoms with Crippen LogP contribution in [0.2, 0.25) is 0 Å². The first-order valence-corrected chi connectivity index (χ1v) is 9.36. The SMILES string of the molecule is O=C(NC1CCCCC1)c1cnc(NCCC2=CCCCC2)cn1. The van der Waals surface area contributed by atoms with Crippen LogP contribution < -0.4 is 10.6 Å². The average Bonchev–Trinajstić information content (AvgIpc) is 2.64. The van der Waals surface area contributed by atoms with Crippen LogP contribution >= 0.6 is 0 Å². The van der Waals surface area contributed by atoms with Gasteiger partial charge in [0.15, 0.2) is 0 Å². The predicted octanol–water partition coefficient (Wildman–Crippen LogP) is 3.84. The van der Waals surface area contributed by atoms with Crippen molar-refractivity contribution in [1.29, 1.82) is 0 Å². The number of hydrogen-bond donors (Lipinski definition) is 2. The number of carbonyl (C=O) groups is 1. The lowest BCUT2D eigenvalue weighted by molar-refractivity contribution is 0.0922. The van der Waals surface area contributed by atoms with Gasteiger partial charge in [0.2, 0.25) is 0 Å². The normalized spacial score (nSPS) is 18.8. The second-order valence-corrected chi connectivity index (χ2v) is 6.88. The van der Waals surface area contributed by atoms with E-state index >= 15 is 0 Å². The van der Waals surface area contributed by atoms with E-state index in [0.717, 1.165) is 31.6 Å². The molecule has 1 aromatic rings. The summed E-state index contributed by atoms with van der Waals surface area (Å²) in [5, 5.41) is 6.36. The summed E-state index contributed by atoms with van der Waals surface area (Å²) in [6.07, 6.45) is 17.6. The minimum absolute atomic E-state index is 0.103. The van der Waals surface area contributed by atoms with Crippen LogP contribution in [-0.4, -0.2) is 28.5 Å². The molecule has 0 spiro atoms. The molecule has 24 heavy (non-hydrogen) atoms. The monoisotopic (exact) mass is 328 g/mol. The maximum Gasteiger partial charge on any atom is 0.271 e. The van der Waals surface area contributed by atoms with Gasteiger partial charge in [-0.15, -0.1) is 0 Å². The van der Waals surface area contributed by atoms with Crippen LogP contribution in [-0.2, 0) is 0 Å². The molecular weight excluding hydrogens is 300 g/mol. The van der Waals surface area contributed by atoms with Crippen molar-refractivity contribution in [2.24, 2.45) is 0 Å². The van der Waals surface area contributed by atoms with Crippen molar-refractivity contribution in [2.75, 3.05) is 11.9 Å². The molecule has 2 N–H and O–H groups in total. The third kappa shape index (κ3) is 5.05. The lowest BCUT2D eigenvalue weighted by Gasteiger charge is -2.22. The first-order chi connectivity index (χ1) is 11.8. The lowest BCUT2D eigenvalue weighted by atomic mass is 9.95. The van der Waals surface area contributed by atoms with Crippen LogP contribution in [0.3, 0.4) is 0 Å². The third-order valence-electron chi connectivity index (χ3n) is 4.96. The lowest BCUT2D eigenvalue weighted by Crippen LogP contribution is -2.36. The molecule has 0 aromatic carbocycles. The highest BCUT2D eigenvalue weighted by Gasteiger charge is 2.17. The summed E-state index contributed by atoms with van der Waals surface area (Å²) in [5.74, 6) is 0.633. The highest BCUT2D eigenvalue weighted by atomic mass is 16.1. The Balaban J connectivity index is 1.44. The van der Waals surface area contributed by atoms with E-state index in [0.29, 0.717) is 11.7 Å². The summed E-state index contributed by atoms with van der Waals surface area (Å²) in [6.45, 7) is 0.869. The molecule has 3 rings (SSSR count). The number of allylic oxidation sites excluding steroid dienone is 1. The summed E-state index contributed by atoms with van der Waals surface area (Å²) in [7, 11) is 0. The molecule has 0 unspecified atom stereocenters. The number of hydrogen-bond acceptors (Lipinski definition) is 4. The zero-order valence-corrected chi connectivity index (χ0v) is 14.4. The van der Waals surface area contributed by atoms with Crippen molar-refractivity contribution < 1.29 is 4.79 Å². The summed E-state index contributed by atoms with van der Waals surface area (Å²) < 4.78 is 0. The number of anilines is 1. The minimum Gasteiger partial charge on any atom is -0.368 e. The number of carbonyl (C=O) groups excluding carboxylic acids is 1. The predicted molar refractivity (Wildman–Crippen MR) is 96.0 cm³/mol. The van der Waals surface area contributed by atoms with Gasteiger partial charge in [0.05, 0.1) is 12.4 Å². The Morgan fingerprint density at radius 2 is 1.96 bits per heavy atom. The standard InChI is InChI=1S/C19H28N4O/c24-19(23-16-9-5-2-6-10-16)17-13-22-18(14-21-17)20-12-11-15-7-3-1-4-8-15/h7,13-14,16H,1-6,8-12H2,(H,20,22)(H,23,24). The van der Waals surface area contributed by atoms with E-state index in [-0.39, 0.29) is 5.91 Å². The fourth-order valence-electron chi connectivity index (χ4n) is 3.53. The van der Waals surface area contributed by atoms with Crippen LogP contribution in [0.1, 0.15) is 74.7 Å².